The molecule has 0 radical (unpaired) electrons. The minimum atomic E-state index is -4.61. The van der Waals surface area contributed by atoms with E-state index in [4.69, 9.17) is 9.05 Å². The first-order valence-corrected chi connectivity index (χ1v) is 28.9. The summed E-state index contributed by atoms with van der Waals surface area (Å²) >= 11 is 0. The quantitative estimate of drug-likeness (QED) is 0.0272. The van der Waals surface area contributed by atoms with E-state index in [2.05, 4.69) is 92.1 Å². The van der Waals surface area contributed by atoms with E-state index in [9.17, 15) is 19.4 Å². The number of phosphoric acid groups is 1. The van der Waals surface area contributed by atoms with Crippen LogP contribution in [0.1, 0.15) is 226 Å². The maximum atomic E-state index is 12.9. The van der Waals surface area contributed by atoms with Gasteiger partial charge in [-0.3, -0.25) is 9.36 Å². The number of carbonyl (C=O) groups excluding carboxylic acids is 1. The largest absolute Gasteiger partial charge is 0.756 e. The SMILES string of the molecule is CC/C=C\C/C=C\C/C=C\C/C=C\C/C=C\CCCCCCCCCC(=O)NC(COP(=O)([O-])OCC[N+](C)(C)C)C(O)/C=C/CC/C=C/CCCCCCCCCCCCCCCCCC. The standard InChI is InChI=1S/C58H105N2O6P/c1-6-8-10-12-14-16-18-20-22-24-26-28-30-32-34-36-38-40-42-44-46-48-50-52-58(62)59-56(55-66-67(63,64)65-54-53-60(3,4)5)57(61)51-49-47-45-43-41-39-37-35-33-31-29-27-25-23-21-19-17-15-13-11-9-7-2/h8,10,14,16,20,22,26,28,32,34,41,43,49,51,56-57,61H,6-7,9,11-13,15,17-19,21,23-25,27,29-31,33,35-40,42,44-48,50,52-55H2,1-5H3,(H-,59,62,63,64)/b10-8-,16-14-,22-20-,28-26-,34-32-,43-41+,51-49+. The fourth-order valence-electron chi connectivity index (χ4n) is 7.55. The van der Waals surface area contributed by atoms with Gasteiger partial charge in [-0.15, -0.1) is 0 Å². The molecular formula is C58H105N2O6P. The number of amides is 1. The lowest BCUT2D eigenvalue weighted by molar-refractivity contribution is -0.870. The molecule has 0 aromatic carbocycles. The van der Waals surface area contributed by atoms with E-state index in [0.717, 1.165) is 83.5 Å². The molecule has 0 aliphatic carbocycles. The maximum absolute atomic E-state index is 12.9. The Balaban J connectivity index is 4.35. The van der Waals surface area contributed by atoms with Gasteiger partial charge in [0.25, 0.3) is 7.82 Å². The number of hydrogen-bond donors (Lipinski definition) is 2. The van der Waals surface area contributed by atoms with Crippen molar-refractivity contribution < 1.29 is 32.9 Å². The smallest absolute Gasteiger partial charge is 0.268 e. The number of phosphoric ester groups is 1. The summed E-state index contributed by atoms with van der Waals surface area (Å²) in [6.07, 6.45) is 67.9. The van der Waals surface area contributed by atoms with Crippen molar-refractivity contribution in [3.05, 3.63) is 85.1 Å². The minimum Gasteiger partial charge on any atom is -0.756 e. The lowest BCUT2D eigenvalue weighted by Crippen LogP contribution is -2.45. The van der Waals surface area contributed by atoms with E-state index >= 15 is 0 Å². The van der Waals surface area contributed by atoms with Gasteiger partial charge in [-0.25, -0.2) is 0 Å². The van der Waals surface area contributed by atoms with Crippen molar-refractivity contribution in [2.45, 2.75) is 238 Å². The van der Waals surface area contributed by atoms with Crippen LogP contribution in [0.15, 0.2) is 85.1 Å². The van der Waals surface area contributed by atoms with E-state index < -0.39 is 26.6 Å². The Kier molecular flexibility index (Phi) is 47.0. The van der Waals surface area contributed by atoms with Crippen LogP contribution in [0, 0.1) is 0 Å². The molecule has 0 bridgehead atoms. The van der Waals surface area contributed by atoms with Crippen molar-refractivity contribution in [2.75, 3.05) is 40.9 Å². The summed E-state index contributed by atoms with van der Waals surface area (Å²) in [6, 6.07) is -0.915. The first kappa shape index (κ1) is 64.7. The second-order valence-electron chi connectivity index (χ2n) is 19.5. The molecule has 8 nitrogen and oxygen atoms in total. The Hall–Kier alpha value is -2.32. The molecule has 0 rings (SSSR count). The lowest BCUT2D eigenvalue weighted by atomic mass is 10.0. The molecule has 0 aromatic rings. The third-order valence-corrected chi connectivity index (χ3v) is 12.8. The van der Waals surface area contributed by atoms with Crippen LogP contribution in [0.3, 0.4) is 0 Å². The number of nitrogens with one attached hydrogen (secondary N) is 1. The Labute approximate surface area is 414 Å². The summed E-state index contributed by atoms with van der Waals surface area (Å²) in [4.78, 5) is 25.5. The topological polar surface area (TPSA) is 108 Å². The Morgan fingerprint density at radius 2 is 0.925 bits per heavy atom. The third-order valence-electron chi connectivity index (χ3n) is 11.8. The van der Waals surface area contributed by atoms with Crippen LogP contribution in [0.4, 0.5) is 0 Å². The van der Waals surface area contributed by atoms with Gasteiger partial charge >= 0.3 is 0 Å². The minimum absolute atomic E-state index is 0.0128. The van der Waals surface area contributed by atoms with Crippen molar-refractivity contribution in [3.63, 3.8) is 0 Å². The molecule has 1 amide bonds. The average molecular weight is 957 g/mol. The normalized spacial score (nSPS) is 14.7. The van der Waals surface area contributed by atoms with Gasteiger partial charge in [0.15, 0.2) is 0 Å². The zero-order valence-corrected chi connectivity index (χ0v) is 45.0. The van der Waals surface area contributed by atoms with Gasteiger partial charge in [0.05, 0.1) is 39.9 Å². The summed E-state index contributed by atoms with van der Waals surface area (Å²) in [5.74, 6) is -0.221. The molecule has 3 unspecified atom stereocenters. The second kappa shape index (κ2) is 48.7. The molecule has 0 heterocycles. The van der Waals surface area contributed by atoms with Crippen LogP contribution in [-0.4, -0.2) is 68.5 Å². The number of unbranched alkanes of at least 4 members (excludes halogenated alkanes) is 24. The van der Waals surface area contributed by atoms with E-state index in [0.29, 0.717) is 17.4 Å². The van der Waals surface area contributed by atoms with Crippen molar-refractivity contribution >= 4 is 13.7 Å². The highest BCUT2D eigenvalue weighted by Gasteiger charge is 2.23. The van der Waals surface area contributed by atoms with Crippen LogP contribution in [-0.2, 0) is 18.4 Å². The van der Waals surface area contributed by atoms with Crippen LogP contribution in [0.2, 0.25) is 0 Å². The maximum Gasteiger partial charge on any atom is 0.268 e. The summed E-state index contributed by atoms with van der Waals surface area (Å²) in [5, 5.41) is 13.8. The third kappa shape index (κ3) is 51.4. The number of rotatable bonds is 49. The molecule has 67 heavy (non-hydrogen) atoms. The molecule has 3 atom stereocenters. The Morgan fingerprint density at radius 1 is 0.537 bits per heavy atom. The molecule has 9 heteroatoms. The number of quaternary nitrogens is 1. The summed E-state index contributed by atoms with van der Waals surface area (Å²) in [5.41, 5.74) is 0. The molecule has 2 N–H and O–H groups in total. The average Bonchev–Trinajstić information content (AvgIpc) is 3.29. The molecule has 0 aromatic heterocycles. The van der Waals surface area contributed by atoms with Gasteiger partial charge < -0.3 is 28.8 Å². The van der Waals surface area contributed by atoms with Gasteiger partial charge in [0, 0.05) is 6.42 Å². The fraction of sp³-hybridized carbons (Fsp3) is 0.741. The number of aliphatic hydroxyl groups is 1. The van der Waals surface area contributed by atoms with E-state index in [1.54, 1.807) is 6.08 Å². The van der Waals surface area contributed by atoms with Crippen molar-refractivity contribution in [2.24, 2.45) is 0 Å². The summed E-state index contributed by atoms with van der Waals surface area (Å²) in [6.45, 7) is 4.51. The highest BCUT2D eigenvalue weighted by molar-refractivity contribution is 7.45. The first-order chi connectivity index (χ1) is 32.5. The summed E-state index contributed by atoms with van der Waals surface area (Å²) in [7, 11) is 1.23. The van der Waals surface area contributed by atoms with Crippen LogP contribution >= 0.6 is 7.82 Å². The van der Waals surface area contributed by atoms with Crippen LogP contribution in [0.5, 0.6) is 0 Å². The molecule has 0 saturated heterocycles. The molecule has 0 aliphatic rings. The second-order valence-corrected chi connectivity index (χ2v) is 21.0. The highest BCUT2D eigenvalue weighted by Crippen LogP contribution is 2.38. The first-order valence-electron chi connectivity index (χ1n) is 27.4. The number of aliphatic hydroxyl groups excluding tert-OH is 1. The predicted molar refractivity (Wildman–Crippen MR) is 288 cm³/mol. The lowest BCUT2D eigenvalue weighted by Gasteiger charge is -2.29. The predicted octanol–water partition coefficient (Wildman–Crippen LogP) is 15.8. The van der Waals surface area contributed by atoms with Crippen LogP contribution < -0.4 is 10.2 Å². The van der Waals surface area contributed by atoms with Crippen molar-refractivity contribution in [1.29, 1.82) is 0 Å². The number of nitrogens with zero attached hydrogens (tertiary/aromatic N) is 1. The van der Waals surface area contributed by atoms with E-state index in [-0.39, 0.29) is 12.5 Å². The number of allylic oxidation sites excluding steroid dienone is 13. The van der Waals surface area contributed by atoms with E-state index in [1.165, 1.54) is 122 Å². The van der Waals surface area contributed by atoms with Crippen LogP contribution in [0.25, 0.3) is 0 Å². The zero-order chi connectivity index (χ0) is 49.2. The van der Waals surface area contributed by atoms with Gasteiger partial charge in [0.1, 0.15) is 13.2 Å². The van der Waals surface area contributed by atoms with E-state index in [1.807, 2.05) is 27.2 Å². The fourth-order valence-corrected chi connectivity index (χ4v) is 8.27. The van der Waals surface area contributed by atoms with Crippen molar-refractivity contribution in [3.8, 4) is 0 Å². The molecule has 0 fully saturated rings. The molecule has 0 spiro atoms. The van der Waals surface area contributed by atoms with Crippen molar-refractivity contribution in [1.82, 2.24) is 5.32 Å². The molecular weight excluding hydrogens is 852 g/mol. The monoisotopic (exact) mass is 957 g/mol. The Bertz CT molecular complexity index is 1360. The molecule has 0 saturated carbocycles. The zero-order valence-electron chi connectivity index (χ0n) is 44.1. The van der Waals surface area contributed by atoms with Gasteiger partial charge in [-0.1, -0.05) is 227 Å². The number of carbonyl (C=O) groups is 1. The van der Waals surface area contributed by atoms with Gasteiger partial charge in [-0.05, 0) is 77.0 Å². The number of likely N-dealkylation sites (N-methyl/N-ethyl adjacent to an activating group) is 1. The van der Waals surface area contributed by atoms with Gasteiger partial charge in [0.2, 0.25) is 5.91 Å². The Morgan fingerprint density at radius 3 is 1.39 bits per heavy atom. The number of hydrogen-bond acceptors (Lipinski definition) is 6. The molecule has 0 aliphatic heterocycles. The molecule has 388 valence electrons. The highest BCUT2D eigenvalue weighted by atomic mass is 31.2. The van der Waals surface area contributed by atoms with Gasteiger partial charge in [-0.2, -0.15) is 0 Å². The summed E-state index contributed by atoms with van der Waals surface area (Å²) < 4.78 is 23.3.